The molecule has 0 aliphatic heterocycles. The number of nitrogens with zero attached hydrogens (tertiary/aromatic N) is 7. The van der Waals surface area contributed by atoms with E-state index in [-0.39, 0.29) is 18.1 Å². The van der Waals surface area contributed by atoms with Crippen molar-refractivity contribution in [3.63, 3.8) is 0 Å². The zero-order valence-corrected chi connectivity index (χ0v) is 20.8. The van der Waals surface area contributed by atoms with Crippen LogP contribution in [0.1, 0.15) is 35.7 Å². The zero-order valence-electron chi connectivity index (χ0n) is 20.8. The summed E-state index contributed by atoms with van der Waals surface area (Å²) in [6.07, 6.45) is 6.59. The predicted octanol–water partition coefficient (Wildman–Crippen LogP) is 3.11. The molecule has 1 amide bonds. The Hall–Kier alpha value is -5.05. The van der Waals surface area contributed by atoms with Crippen LogP contribution >= 0.6 is 0 Å². The van der Waals surface area contributed by atoms with Crippen molar-refractivity contribution in [2.75, 3.05) is 12.4 Å². The SMILES string of the molecule is COc1ccc(C(=O)NC2CC2)cc1Nc1ncc(-c2ccc(C#N)c(OC(C)Cn3cnnn3)c2)cn1. The second-order valence-corrected chi connectivity index (χ2v) is 8.87. The van der Waals surface area contributed by atoms with Gasteiger partial charge < -0.3 is 20.1 Å². The molecule has 0 radical (unpaired) electrons. The summed E-state index contributed by atoms with van der Waals surface area (Å²) in [7, 11) is 1.56. The lowest BCUT2D eigenvalue weighted by atomic mass is 10.1. The number of carbonyl (C=O) groups excluding carboxylic acids is 1. The third kappa shape index (κ3) is 5.84. The van der Waals surface area contributed by atoms with Crippen molar-refractivity contribution in [3.05, 3.63) is 66.2 Å². The number of methoxy groups -OCH3 is 1. The average molecular weight is 512 g/mol. The number of tetrazole rings is 1. The fourth-order valence-corrected chi connectivity index (χ4v) is 3.78. The van der Waals surface area contributed by atoms with Crippen molar-refractivity contribution < 1.29 is 14.3 Å². The number of aromatic nitrogens is 6. The van der Waals surface area contributed by atoms with E-state index in [9.17, 15) is 10.1 Å². The molecule has 0 bridgehead atoms. The van der Waals surface area contributed by atoms with Gasteiger partial charge in [-0.3, -0.25) is 4.79 Å². The lowest BCUT2D eigenvalue weighted by molar-refractivity contribution is 0.0951. The van der Waals surface area contributed by atoms with Gasteiger partial charge in [-0.05, 0) is 66.1 Å². The number of ether oxygens (including phenoxy) is 2. The Bertz CT molecular complexity index is 1460. The normalized spacial score (nSPS) is 13.3. The molecule has 38 heavy (non-hydrogen) atoms. The number of anilines is 2. The van der Waals surface area contributed by atoms with E-state index in [1.807, 2.05) is 13.0 Å². The van der Waals surface area contributed by atoms with Crippen molar-refractivity contribution in [3.8, 4) is 28.7 Å². The highest BCUT2D eigenvalue weighted by atomic mass is 16.5. The molecule has 2 aromatic heterocycles. The smallest absolute Gasteiger partial charge is 0.251 e. The summed E-state index contributed by atoms with van der Waals surface area (Å²) in [6.45, 7) is 2.30. The Labute approximate surface area is 218 Å². The van der Waals surface area contributed by atoms with Crippen LogP contribution in [0.5, 0.6) is 11.5 Å². The summed E-state index contributed by atoms with van der Waals surface area (Å²) >= 11 is 0. The first-order valence-corrected chi connectivity index (χ1v) is 12.0. The topological polar surface area (TPSA) is 153 Å². The Kier molecular flexibility index (Phi) is 7.08. The van der Waals surface area contributed by atoms with E-state index >= 15 is 0 Å². The second kappa shape index (κ2) is 10.9. The summed E-state index contributed by atoms with van der Waals surface area (Å²) in [5.41, 5.74) is 3.04. The number of hydrogen-bond acceptors (Lipinski definition) is 10. The van der Waals surface area contributed by atoms with Crippen molar-refractivity contribution >= 4 is 17.5 Å². The minimum Gasteiger partial charge on any atom is -0.495 e. The minimum atomic E-state index is -0.277. The summed E-state index contributed by atoms with van der Waals surface area (Å²) in [6, 6.07) is 12.9. The summed E-state index contributed by atoms with van der Waals surface area (Å²) in [5, 5.41) is 26.7. The van der Waals surface area contributed by atoms with Crippen LogP contribution in [0.25, 0.3) is 11.1 Å². The standard InChI is InChI=1S/C26H25N9O3/c1-16(14-35-15-30-33-34-35)38-24-10-17(3-4-19(24)11-27)20-12-28-26(29-13-20)32-22-9-18(5-8-23(22)37-2)25(36)31-21-6-7-21/h3-5,8-10,12-13,15-16,21H,6-7,14H2,1-2H3,(H,31,36)(H,28,29,32). The van der Waals surface area contributed by atoms with E-state index in [4.69, 9.17) is 9.47 Å². The maximum absolute atomic E-state index is 12.5. The molecule has 1 aliphatic carbocycles. The number of nitriles is 1. The first kappa shape index (κ1) is 24.6. The molecule has 1 aliphatic rings. The second-order valence-electron chi connectivity index (χ2n) is 8.87. The van der Waals surface area contributed by atoms with Gasteiger partial charge >= 0.3 is 0 Å². The fourth-order valence-electron chi connectivity index (χ4n) is 3.78. The molecule has 1 atom stereocenters. The fraction of sp³-hybridized carbons (Fsp3) is 0.269. The molecular formula is C26H25N9O3. The van der Waals surface area contributed by atoms with Gasteiger partial charge in [-0.2, -0.15) is 5.26 Å². The highest BCUT2D eigenvalue weighted by molar-refractivity contribution is 5.96. The molecule has 192 valence electrons. The molecule has 1 unspecified atom stereocenters. The molecule has 5 rings (SSSR count). The van der Waals surface area contributed by atoms with Crippen LogP contribution in [0, 0.1) is 11.3 Å². The van der Waals surface area contributed by atoms with Crippen LogP contribution in [0.2, 0.25) is 0 Å². The minimum absolute atomic E-state index is 0.124. The maximum Gasteiger partial charge on any atom is 0.251 e. The number of nitrogens with one attached hydrogen (secondary N) is 2. The van der Waals surface area contributed by atoms with Crippen LogP contribution in [0.15, 0.2) is 55.1 Å². The van der Waals surface area contributed by atoms with Crippen LogP contribution < -0.4 is 20.1 Å². The van der Waals surface area contributed by atoms with Gasteiger partial charge in [-0.25, -0.2) is 14.6 Å². The van der Waals surface area contributed by atoms with E-state index in [0.717, 1.165) is 24.0 Å². The lowest BCUT2D eigenvalue weighted by Crippen LogP contribution is -2.25. The van der Waals surface area contributed by atoms with Gasteiger partial charge in [0.1, 0.15) is 30.0 Å². The van der Waals surface area contributed by atoms with Crippen molar-refractivity contribution in [1.29, 1.82) is 5.26 Å². The molecule has 2 aromatic carbocycles. The highest BCUT2D eigenvalue weighted by Gasteiger charge is 2.24. The molecule has 4 aromatic rings. The summed E-state index contributed by atoms with van der Waals surface area (Å²) in [4.78, 5) is 21.3. The van der Waals surface area contributed by atoms with Gasteiger partial charge in [0.25, 0.3) is 5.91 Å². The Morgan fingerprint density at radius 1 is 1.16 bits per heavy atom. The molecule has 12 nitrogen and oxygen atoms in total. The zero-order chi connectivity index (χ0) is 26.5. The average Bonchev–Trinajstić information content (AvgIpc) is 3.60. The number of benzene rings is 2. The maximum atomic E-state index is 12.5. The van der Waals surface area contributed by atoms with Crippen LogP contribution in [-0.4, -0.2) is 55.3 Å². The third-order valence-electron chi connectivity index (χ3n) is 5.87. The molecule has 1 saturated carbocycles. The van der Waals surface area contributed by atoms with E-state index in [1.54, 1.807) is 54.5 Å². The molecule has 0 spiro atoms. The van der Waals surface area contributed by atoms with Crippen LogP contribution in [0.3, 0.4) is 0 Å². The van der Waals surface area contributed by atoms with Gasteiger partial charge in [0.15, 0.2) is 0 Å². The number of carbonyl (C=O) groups is 1. The Balaban J connectivity index is 1.31. The van der Waals surface area contributed by atoms with Gasteiger partial charge in [0.2, 0.25) is 5.95 Å². The number of amides is 1. The van der Waals surface area contributed by atoms with E-state index in [0.29, 0.717) is 40.8 Å². The van der Waals surface area contributed by atoms with E-state index in [2.05, 4.69) is 42.2 Å². The molecule has 0 saturated heterocycles. The van der Waals surface area contributed by atoms with Crippen molar-refractivity contribution in [2.45, 2.75) is 38.5 Å². The third-order valence-corrected chi connectivity index (χ3v) is 5.87. The van der Waals surface area contributed by atoms with Crippen LogP contribution in [0.4, 0.5) is 11.6 Å². The van der Waals surface area contributed by atoms with Crippen LogP contribution in [-0.2, 0) is 6.54 Å². The largest absolute Gasteiger partial charge is 0.495 e. The predicted molar refractivity (Wildman–Crippen MR) is 137 cm³/mol. The lowest BCUT2D eigenvalue weighted by Gasteiger charge is -2.16. The quantitative estimate of drug-likeness (QED) is 0.325. The van der Waals surface area contributed by atoms with Crippen molar-refractivity contribution in [2.24, 2.45) is 0 Å². The molecule has 12 heteroatoms. The summed E-state index contributed by atoms with van der Waals surface area (Å²) < 4.78 is 13.0. The number of hydrogen-bond donors (Lipinski definition) is 2. The monoisotopic (exact) mass is 511 g/mol. The van der Waals surface area contributed by atoms with Gasteiger partial charge in [-0.15, -0.1) is 5.10 Å². The first-order valence-electron chi connectivity index (χ1n) is 12.0. The Morgan fingerprint density at radius 3 is 2.66 bits per heavy atom. The molecule has 2 heterocycles. The highest BCUT2D eigenvalue weighted by Crippen LogP contribution is 2.30. The molecule has 2 N–H and O–H groups in total. The molecule has 1 fully saturated rings. The molecular weight excluding hydrogens is 486 g/mol. The van der Waals surface area contributed by atoms with E-state index in [1.165, 1.54) is 6.33 Å². The van der Waals surface area contributed by atoms with Crippen molar-refractivity contribution in [1.82, 2.24) is 35.5 Å². The van der Waals surface area contributed by atoms with Gasteiger partial charge in [0, 0.05) is 29.6 Å². The Morgan fingerprint density at radius 2 is 1.97 bits per heavy atom. The first-order chi connectivity index (χ1) is 18.5. The summed E-state index contributed by atoms with van der Waals surface area (Å²) in [5.74, 6) is 1.22. The van der Waals surface area contributed by atoms with Gasteiger partial charge in [0.05, 0.1) is 24.9 Å². The van der Waals surface area contributed by atoms with E-state index < -0.39 is 0 Å². The van der Waals surface area contributed by atoms with Gasteiger partial charge in [-0.1, -0.05) is 6.07 Å². The number of rotatable bonds is 10.